The number of benzene rings is 2. The van der Waals surface area contributed by atoms with Crippen molar-refractivity contribution in [3.8, 4) is 11.5 Å². The van der Waals surface area contributed by atoms with Gasteiger partial charge in [-0.2, -0.15) is 0 Å². The second-order valence-electron chi connectivity index (χ2n) is 4.33. The SMILES string of the molecule is O=C(C(Cl)CCl)N1c2ccccc2Oc2ccccc21. The molecule has 5 heteroatoms. The first-order chi connectivity index (χ1) is 9.72. The smallest absolute Gasteiger partial charge is 0.251 e. The fourth-order valence-corrected chi connectivity index (χ4v) is 2.38. The zero-order valence-corrected chi connectivity index (χ0v) is 11.9. The predicted molar refractivity (Wildman–Crippen MR) is 80.5 cm³/mol. The Labute approximate surface area is 126 Å². The van der Waals surface area contributed by atoms with Gasteiger partial charge in [-0.25, -0.2) is 0 Å². The van der Waals surface area contributed by atoms with E-state index < -0.39 is 5.38 Å². The van der Waals surface area contributed by atoms with Gasteiger partial charge in [-0.05, 0) is 24.3 Å². The van der Waals surface area contributed by atoms with E-state index in [0.29, 0.717) is 22.9 Å². The summed E-state index contributed by atoms with van der Waals surface area (Å²) in [5.74, 6) is 1.04. The Morgan fingerprint density at radius 2 is 1.55 bits per heavy atom. The lowest BCUT2D eigenvalue weighted by atomic mass is 10.1. The van der Waals surface area contributed by atoms with E-state index >= 15 is 0 Å². The molecule has 1 heterocycles. The maximum absolute atomic E-state index is 12.5. The van der Waals surface area contributed by atoms with Crippen LogP contribution in [0.4, 0.5) is 11.4 Å². The van der Waals surface area contributed by atoms with Crippen molar-refractivity contribution in [3.63, 3.8) is 0 Å². The molecule has 2 aromatic carbocycles. The number of ether oxygens (including phenoxy) is 1. The van der Waals surface area contributed by atoms with Crippen molar-refractivity contribution in [2.75, 3.05) is 10.8 Å². The number of anilines is 2. The number of hydrogen-bond acceptors (Lipinski definition) is 2. The number of amides is 1. The Kier molecular flexibility index (Phi) is 3.55. The Morgan fingerprint density at radius 3 is 2.05 bits per heavy atom. The van der Waals surface area contributed by atoms with Crippen LogP contribution in [0, 0.1) is 0 Å². The van der Waals surface area contributed by atoms with Gasteiger partial charge >= 0.3 is 0 Å². The molecule has 0 fully saturated rings. The molecule has 2 aromatic rings. The summed E-state index contributed by atoms with van der Waals surface area (Å²) in [6, 6.07) is 14.7. The van der Waals surface area contributed by atoms with Crippen LogP contribution in [0.15, 0.2) is 48.5 Å². The Hall–Kier alpha value is -1.71. The molecule has 0 spiro atoms. The molecule has 0 N–H and O–H groups in total. The van der Waals surface area contributed by atoms with Crippen molar-refractivity contribution in [1.29, 1.82) is 0 Å². The molecule has 3 rings (SSSR count). The monoisotopic (exact) mass is 307 g/mol. The molecule has 0 bridgehead atoms. The fraction of sp³-hybridized carbons (Fsp3) is 0.133. The topological polar surface area (TPSA) is 29.5 Å². The largest absolute Gasteiger partial charge is 0.453 e. The average molecular weight is 308 g/mol. The third-order valence-electron chi connectivity index (χ3n) is 3.06. The van der Waals surface area contributed by atoms with Gasteiger partial charge in [-0.3, -0.25) is 9.69 Å². The van der Waals surface area contributed by atoms with E-state index in [-0.39, 0.29) is 11.8 Å². The van der Waals surface area contributed by atoms with Gasteiger partial charge in [0.25, 0.3) is 5.91 Å². The van der Waals surface area contributed by atoms with Crippen LogP contribution in [0.25, 0.3) is 0 Å². The van der Waals surface area contributed by atoms with Crippen molar-refractivity contribution in [2.24, 2.45) is 0 Å². The standard InChI is InChI=1S/C15H11Cl2NO2/c16-9-10(17)15(19)18-11-5-1-3-7-13(11)20-14-8-4-2-6-12(14)18/h1-8,10H,9H2. The molecule has 1 aliphatic rings. The van der Waals surface area contributed by atoms with Gasteiger partial charge in [0, 0.05) is 5.88 Å². The van der Waals surface area contributed by atoms with Crippen LogP contribution in [0.2, 0.25) is 0 Å². The first kappa shape index (κ1) is 13.3. The van der Waals surface area contributed by atoms with Crippen molar-refractivity contribution >= 4 is 40.5 Å². The van der Waals surface area contributed by atoms with Gasteiger partial charge in [-0.15, -0.1) is 23.2 Å². The molecular formula is C15H11Cl2NO2. The number of fused-ring (bicyclic) bond motifs is 2. The van der Waals surface area contributed by atoms with E-state index in [2.05, 4.69) is 0 Å². The molecule has 0 aromatic heterocycles. The predicted octanol–water partition coefficient (Wildman–Crippen LogP) is 4.30. The molecule has 0 aliphatic carbocycles. The van der Waals surface area contributed by atoms with Crippen molar-refractivity contribution < 1.29 is 9.53 Å². The molecule has 0 radical (unpaired) electrons. The van der Waals surface area contributed by atoms with Crippen LogP contribution in [-0.4, -0.2) is 17.2 Å². The van der Waals surface area contributed by atoms with E-state index in [0.717, 1.165) is 0 Å². The lowest BCUT2D eigenvalue weighted by Gasteiger charge is -2.31. The highest BCUT2D eigenvalue weighted by molar-refractivity contribution is 6.38. The molecule has 3 nitrogen and oxygen atoms in total. The third-order valence-corrected chi connectivity index (χ3v) is 3.86. The Morgan fingerprint density at radius 1 is 1.05 bits per heavy atom. The molecule has 20 heavy (non-hydrogen) atoms. The van der Waals surface area contributed by atoms with Crippen LogP contribution < -0.4 is 9.64 Å². The number of rotatable bonds is 2. The zero-order chi connectivity index (χ0) is 14.1. The first-order valence-electron chi connectivity index (χ1n) is 6.12. The molecule has 1 amide bonds. The lowest BCUT2D eigenvalue weighted by Crippen LogP contribution is -2.35. The van der Waals surface area contributed by atoms with Gasteiger partial charge in [-0.1, -0.05) is 24.3 Å². The molecule has 1 aliphatic heterocycles. The second kappa shape index (κ2) is 5.35. The minimum absolute atomic E-state index is 0.0576. The van der Waals surface area contributed by atoms with Gasteiger partial charge < -0.3 is 4.74 Å². The highest BCUT2D eigenvalue weighted by Gasteiger charge is 2.31. The summed E-state index contributed by atoms with van der Waals surface area (Å²) in [6.07, 6.45) is 0. The summed E-state index contributed by atoms with van der Waals surface area (Å²) in [7, 11) is 0. The van der Waals surface area contributed by atoms with E-state index in [1.807, 2.05) is 48.5 Å². The summed E-state index contributed by atoms with van der Waals surface area (Å²) < 4.78 is 5.80. The van der Waals surface area contributed by atoms with Crippen molar-refractivity contribution in [3.05, 3.63) is 48.5 Å². The third kappa shape index (κ3) is 2.13. The maximum Gasteiger partial charge on any atom is 0.251 e. The molecule has 102 valence electrons. The first-order valence-corrected chi connectivity index (χ1v) is 7.09. The molecule has 0 saturated carbocycles. The average Bonchev–Trinajstić information content (AvgIpc) is 2.51. The van der Waals surface area contributed by atoms with E-state index in [1.165, 1.54) is 0 Å². The summed E-state index contributed by atoms with van der Waals surface area (Å²) in [6.45, 7) is 0. The molecule has 1 atom stereocenters. The molecule has 0 saturated heterocycles. The highest BCUT2D eigenvalue weighted by Crippen LogP contribution is 2.46. The van der Waals surface area contributed by atoms with Crippen LogP contribution in [0.1, 0.15) is 0 Å². The van der Waals surface area contributed by atoms with E-state index in [4.69, 9.17) is 27.9 Å². The summed E-state index contributed by atoms with van der Waals surface area (Å²) in [5.41, 5.74) is 1.35. The van der Waals surface area contributed by atoms with Gasteiger partial charge in [0.05, 0.1) is 11.4 Å². The van der Waals surface area contributed by atoms with Crippen molar-refractivity contribution in [2.45, 2.75) is 5.38 Å². The van der Waals surface area contributed by atoms with Crippen LogP contribution in [0.3, 0.4) is 0 Å². The molecule has 1 unspecified atom stereocenters. The molecular weight excluding hydrogens is 297 g/mol. The minimum atomic E-state index is -0.782. The summed E-state index contributed by atoms with van der Waals surface area (Å²) in [5, 5.41) is -0.782. The Balaban J connectivity index is 2.15. The highest BCUT2D eigenvalue weighted by atomic mass is 35.5. The lowest BCUT2D eigenvalue weighted by molar-refractivity contribution is -0.117. The summed E-state index contributed by atoms with van der Waals surface area (Å²) >= 11 is 11.7. The van der Waals surface area contributed by atoms with Crippen LogP contribution in [-0.2, 0) is 4.79 Å². The number of hydrogen-bond donors (Lipinski definition) is 0. The number of alkyl halides is 2. The summed E-state index contributed by atoms with van der Waals surface area (Å²) in [4.78, 5) is 14.1. The van der Waals surface area contributed by atoms with Gasteiger partial charge in [0.1, 0.15) is 5.38 Å². The Bertz CT molecular complexity index is 614. The number of nitrogens with zero attached hydrogens (tertiary/aromatic N) is 1. The number of carbonyl (C=O) groups excluding carboxylic acids is 1. The van der Waals surface area contributed by atoms with Crippen LogP contribution in [0.5, 0.6) is 11.5 Å². The zero-order valence-electron chi connectivity index (χ0n) is 10.4. The number of para-hydroxylation sites is 4. The van der Waals surface area contributed by atoms with Crippen molar-refractivity contribution in [1.82, 2.24) is 0 Å². The number of carbonyl (C=O) groups is 1. The maximum atomic E-state index is 12.5. The van der Waals surface area contributed by atoms with Crippen LogP contribution >= 0.6 is 23.2 Å². The normalized spacial score (nSPS) is 14.0. The number of halogens is 2. The quantitative estimate of drug-likeness (QED) is 0.774. The van der Waals surface area contributed by atoms with E-state index in [1.54, 1.807) is 4.90 Å². The van der Waals surface area contributed by atoms with E-state index in [9.17, 15) is 4.79 Å². The second-order valence-corrected chi connectivity index (χ2v) is 5.17. The minimum Gasteiger partial charge on any atom is -0.453 e. The van der Waals surface area contributed by atoms with Gasteiger partial charge in [0.15, 0.2) is 11.5 Å². The van der Waals surface area contributed by atoms with Gasteiger partial charge in [0.2, 0.25) is 0 Å². The fourth-order valence-electron chi connectivity index (χ4n) is 2.15.